The van der Waals surface area contributed by atoms with E-state index < -0.39 is 15.8 Å². The number of nitrogens with zero attached hydrogens (tertiary/aromatic N) is 3. The molecule has 2 aromatic rings. The number of methoxy groups -OCH3 is 1. The maximum Gasteiger partial charge on any atom is 0.338 e. The zero-order chi connectivity index (χ0) is 21.0. The molecule has 0 saturated carbocycles. The van der Waals surface area contributed by atoms with Gasteiger partial charge >= 0.3 is 5.97 Å². The molecule has 0 aromatic heterocycles. The van der Waals surface area contributed by atoms with Gasteiger partial charge in [-0.1, -0.05) is 0 Å². The maximum absolute atomic E-state index is 11.4. The molecule has 1 aliphatic heterocycles. The van der Waals surface area contributed by atoms with E-state index >= 15 is 0 Å². The summed E-state index contributed by atoms with van der Waals surface area (Å²) in [6.07, 6.45) is 0. The Morgan fingerprint density at radius 3 is 2.18 bits per heavy atom. The lowest BCUT2D eigenvalue weighted by atomic mass is 10.1. The molecule has 0 saturated heterocycles. The summed E-state index contributed by atoms with van der Waals surface area (Å²) in [6, 6.07) is 8.33. The van der Waals surface area contributed by atoms with Crippen LogP contribution in [0.5, 0.6) is 0 Å². The maximum atomic E-state index is 11.4. The molecule has 28 heavy (non-hydrogen) atoms. The summed E-state index contributed by atoms with van der Waals surface area (Å²) in [5.41, 5.74) is 2.18. The summed E-state index contributed by atoms with van der Waals surface area (Å²) < 4.78 is 4.51. The average molecular weight is 387 g/mol. The Morgan fingerprint density at radius 2 is 1.64 bits per heavy atom. The highest BCUT2D eigenvalue weighted by atomic mass is 16.6. The van der Waals surface area contributed by atoms with Crippen molar-refractivity contribution in [3.8, 4) is 0 Å². The zero-order valence-electron chi connectivity index (χ0n) is 15.4. The molecule has 3 rings (SSSR count). The molecule has 1 aliphatic rings. The second-order valence-electron chi connectivity index (χ2n) is 6.01. The number of benzene rings is 2. The Labute approximate surface area is 159 Å². The first-order valence-electron chi connectivity index (χ1n) is 8.01. The van der Waals surface area contributed by atoms with Gasteiger partial charge in [0.15, 0.2) is 0 Å². The third-order valence-corrected chi connectivity index (χ3v) is 4.11. The van der Waals surface area contributed by atoms with E-state index in [1.165, 1.54) is 48.4 Å². The van der Waals surface area contributed by atoms with Crippen LogP contribution in [0.2, 0.25) is 0 Å². The lowest BCUT2D eigenvalue weighted by molar-refractivity contribution is -0.385. The number of nitro benzene ring substituents is 2. The molecule has 0 N–H and O–H groups in total. The van der Waals surface area contributed by atoms with Crippen molar-refractivity contribution >= 4 is 23.3 Å². The van der Waals surface area contributed by atoms with Gasteiger partial charge in [-0.2, -0.15) is 0 Å². The van der Waals surface area contributed by atoms with Crippen molar-refractivity contribution in [1.82, 2.24) is 4.90 Å². The zero-order valence-corrected chi connectivity index (χ0v) is 15.4. The first-order valence-corrected chi connectivity index (χ1v) is 8.01. The van der Waals surface area contributed by atoms with E-state index in [1.807, 2.05) is 0 Å². The highest BCUT2D eigenvalue weighted by Gasteiger charge is 2.25. The SMILES string of the molecule is CN1Cc2cc([N+](=O)[O-])ccc2C1=O.COC(=O)c1ccc([N+](=O)[O-])cc1C. The highest BCUT2D eigenvalue weighted by Crippen LogP contribution is 2.25. The molecular formula is C18H17N3O7. The first-order chi connectivity index (χ1) is 13.1. The summed E-state index contributed by atoms with van der Waals surface area (Å²) in [7, 11) is 2.94. The standard InChI is InChI=1S/C9H8N2O3.C9H9NO4/c1-10-5-6-4-7(11(13)14)2-3-8(6)9(10)12;1-6-5-7(10(12)13)3-4-8(6)9(11)14-2/h2-4H,5H2,1H3;3-5H,1-2H3. The van der Waals surface area contributed by atoms with Gasteiger partial charge in [0, 0.05) is 43.4 Å². The predicted molar refractivity (Wildman–Crippen MR) is 98.1 cm³/mol. The van der Waals surface area contributed by atoms with Gasteiger partial charge in [0.25, 0.3) is 17.3 Å². The minimum absolute atomic E-state index is 0.0323. The summed E-state index contributed by atoms with van der Waals surface area (Å²) in [5.74, 6) is -0.563. The van der Waals surface area contributed by atoms with E-state index in [-0.39, 0.29) is 17.3 Å². The van der Waals surface area contributed by atoms with Crippen molar-refractivity contribution in [2.45, 2.75) is 13.5 Å². The van der Waals surface area contributed by atoms with Crippen LogP contribution < -0.4 is 0 Å². The van der Waals surface area contributed by atoms with Crippen LogP contribution >= 0.6 is 0 Å². The van der Waals surface area contributed by atoms with Gasteiger partial charge in [-0.15, -0.1) is 0 Å². The Hall–Kier alpha value is -3.82. The van der Waals surface area contributed by atoms with Gasteiger partial charge in [0.2, 0.25) is 0 Å². The van der Waals surface area contributed by atoms with Crippen molar-refractivity contribution < 1.29 is 24.2 Å². The second-order valence-corrected chi connectivity index (χ2v) is 6.01. The number of nitro groups is 2. The molecule has 0 fully saturated rings. The molecule has 0 bridgehead atoms. The van der Waals surface area contributed by atoms with Crippen molar-refractivity contribution in [2.24, 2.45) is 0 Å². The molecule has 10 nitrogen and oxygen atoms in total. The Morgan fingerprint density at radius 1 is 1.07 bits per heavy atom. The number of ether oxygens (including phenoxy) is 1. The van der Waals surface area contributed by atoms with Gasteiger partial charge < -0.3 is 9.64 Å². The summed E-state index contributed by atoms with van der Waals surface area (Å²) in [6.45, 7) is 2.08. The van der Waals surface area contributed by atoms with Crippen LogP contribution in [-0.4, -0.2) is 40.8 Å². The number of carbonyl (C=O) groups excluding carboxylic acids is 2. The van der Waals surface area contributed by atoms with Crippen LogP contribution in [0.15, 0.2) is 36.4 Å². The lowest BCUT2D eigenvalue weighted by Crippen LogP contribution is -2.17. The fraction of sp³-hybridized carbons (Fsp3) is 0.222. The van der Waals surface area contributed by atoms with E-state index in [9.17, 15) is 29.8 Å². The Balaban J connectivity index is 0.000000200. The van der Waals surface area contributed by atoms with E-state index in [2.05, 4.69) is 4.74 Å². The van der Waals surface area contributed by atoms with Gasteiger partial charge in [0.1, 0.15) is 0 Å². The number of aryl methyl sites for hydroxylation is 1. The van der Waals surface area contributed by atoms with Crippen molar-refractivity contribution in [1.29, 1.82) is 0 Å². The number of amides is 1. The third kappa shape index (κ3) is 4.29. The molecule has 10 heteroatoms. The summed E-state index contributed by atoms with van der Waals surface area (Å²) >= 11 is 0. The van der Waals surface area contributed by atoms with Crippen molar-refractivity contribution in [3.05, 3.63) is 78.9 Å². The van der Waals surface area contributed by atoms with E-state index in [1.54, 1.807) is 14.0 Å². The van der Waals surface area contributed by atoms with E-state index in [0.29, 0.717) is 23.2 Å². The number of non-ortho nitro benzene ring substituents is 2. The molecule has 1 heterocycles. The average Bonchev–Trinajstić information content (AvgIpc) is 2.94. The molecular weight excluding hydrogens is 370 g/mol. The number of esters is 1. The van der Waals surface area contributed by atoms with E-state index in [4.69, 9.17) is 0 Å². The lowest BCUT2D eigenvalue weighted by Gasteiger charge is -2.04. The molecule has 2 aromatic carbocycles. The second kappa shape index (κ2) is 8.25. The predicted octanol–water partition coefficient (Wildman–Crippen LogP) is 2.87. The summed E-state index contributed by atoms with van der Waals surface area (Å²) in [4.78, 5) is 44.0. The molecule has 146 valence electrons. The fourth-order valence-electron chi connectivity index (χ4n) is 2.67. The molecule has 0 unspecified atom stereocenters. The number of carbonyl (C=O) groups is 2. The van der Waals surface area contributed by atoms with Gasteiger partial charge in [0.05, 0.1) is 22.5 Å². The Kier molecular flexibility index (Phi) is 6.04. The minimum Gasteiger partial charge on any atom is -0.465 e. The van der Waals surface area contributed by atoms with E-state index in [0.717, 1.165) is 5.56 Å². The molecule has 0 aliphatic carbocycles. The van der Waals surface area contributed by atoms with Crippen LogP contribution in [0.4, 0.5) is 11.4 Å². The van der Waals surface area contributed by atoms with Crippen LogP contribution in [0.3, 0.4) is 0 Å². The van der Waals surface area contributed by atoms with Crippen LogP contribution in [0, 0.1) is 27.2 Å². The van der Waals surface area contributed by atoms with Crippen LogP contribution in [-0.2, 0) is 11.3 Å². The monoisotopic (exact) mass is 387 g/mol. The smallest absolute Gasteiger partial charge is 0.338 e. The van der Waals surface area contributed by atoms with Crippen LogP contribution in [0.25, 0.3) is 0 Å². The molecule has 0 radical (unpaired) electrons. The van der Waals surface area contributed by atoms with Crippen LogP contribution in [0.1, 0.15) is 31.8 Å². The number of fused-ring (bicyclic) bond motifs is 1. The van der Waals surface area contributed by atoms with Crippen molar-refractivity contribution in [2.75, 3.05) is 14.2 Å². The van der Waals surface area contributed by atoms with Gasteiger partial charge in [-0.3, -0.25) is 25.0 Å². The molecule has 0 spiro atoms. The third-order valence-electron chi connectivity index (χ3n) is 4.11. The van der Waals surface area contributed by atoms with Gasteiger partial charge in [-0.05, 0) is 30.2 Å². The Bertz CT molecular complexity index is 966. The number of hydrogen-bond acceptors (Lipinski definition) is 7. The minimum atomic E-state index is -0.506. The number of rotatable bonds is 3. The summed E-state index contributed by atoms with van der Waals surface area (Å²) in [5, 5.41) is 20.9. The fourth-order valence-corrected chi connectivity index (χ4v) is 2.67. The van der Waals surface area contributed by atoms with Crippen molar-refractivity contribution in [3.63, 3.8) is 0 Å². The normalized spacial score (nSPS) is 12.0. The first kappa shape index (κ1) is 20.5. The molecule has 1 amide bonds. The largest absolute Gasteiger partial charge is 0.465 e. The quantitative estimate of drug-likeness (QED) is 0.449. The topological polar surface area (TPSA) is 133 Å². The molecule has 0 atom stereocenters. The van der Waals surface area contributed by atoms with Gasteiger partial charge in [-0.25, -0.2) is 4.79 Å². The highest BCUT2D eigenvalue weighted by molar-refractivity contribution is 5.98. The number of hydrogen-bond donors (Lipinski definition) is 0.